The molecule has 0 bridgehead atoms. The van der Waals surface area contributed by atoms with E-state index in [0.29, 0.717) is 0 Å². The lowest BCUT2D eigenvalue weighted by Gasteiger charge is -2.18. The van der Waals surface area contributed by atoms with E-state index in [0.717, 1.165) is 44.5 Å². The van der Waals surface area contributed by atoms with E-state index in [1.807, 2.05) is 6.07 Å². The average molecular weight is 288 g/mol. The summed E-state index contributed by atoms with van der Waals surface area (Å²) in [6.45, 7) is 5.32. The highest BCUT2D eigenvalue weighted by molar-refractivity contribution is 8.13. The Labute approximate surface area is 113 Å². The van der Waals surface area contributed by atoms with Gasteiger partial charge < -0.3 is 4.90 Å². The van der Waals surface area contributed by atoms with Gasteiger partial charge in [-0.2, -0.15) is 0 Å². The fraction of sp³-hybridized carbons (Fsp3) is 0.538. The van der Waals surface area contributed by atoms with E-state index in [1.54, 1.807) is 12.1 Å². The van der Waals surface area contributed by atoms with Crippen molar-refractivity contribution in [2.24, 2.45) is 0 Å². The van der Waals surface area contributed by atoms with Crippen molar-refractivity contribution in [3.8, 4) is 0 Å². The number of hydrogen-bond donors (Lipinski definition) is 0. The molecule has 1 aromatic carbocycles. The van der Waals surface area contributed by atoms with Crippen LogP contribution in [0.4, 0.5) is 0 Å². The monoisotopic (exact) mass is 287 g/mol. The van der Waals surface area contributed by atoms with Crippen molar-refractivity contribution in [1.29, 1.82) is 0 Å². The number of fused-ring (bicyclic) bond motifs is 1. The van der Waals surface area contributed by atoms with Gasteiger partial charge in [0.1, 0.15) is 0 Å². The summed E-state index contributed by atoms with van der Waals surface area (Å²) < 4.78 is 22.7. The Morgan fingerprint density at radius 2 is 1.89 bits per heavy atom. The van der Waals surface area contributed by atoms with E-state index in [9.17, 15) is 8.42 Å². The summed E-state index contributed by atoms with van der Waals surface area (Å²) in [7, 11) is 1.77. The third-order valence-corrected chi connectivity index (χ3v) is 4.75. The Kier molecular flexibility index (Phi) is 4.30. The minimum absolute atomic E-state index is 0.215. The van der Waals surface area contributed by atoms with Crippen LogP contribution < -0.4 is 0 Å². The zero-order valence-electron chi connectivity index (χ0n) is 10.5. The van der Waals surface area contributed by atoms with Crippen LogP contribution in [0.25, 0.3) is 0 Å². The van der Waals surface area contributed by atoms with E-state index < -0.39 is 9.05 Å². The highest BCUT2D eigenvalue weighted by Gasteiger charge is 2.16. The van der Waals surface area contributed by atoms with Crippen LogP contribution >= 0.6 is 10.7 Å². The average Bonchev–Trinajstić information content (AvgIpc) is 2.51. The summed E-state index contributed by atoms with van der Waals surface area (Å²) >= 11 is 0. The summed E-state index contributed by atoms with van der Waals surface area (Å²) in [6, 6.07) is 5.24. The number of benzene rings is 1. The highest BCUT2D eigenvalue weighted by atomic mass is 35.7. The summed E-state index contributed by atoms with van der Waals surface area (Å²) in [6.07, 6.45) is 3.03. The van der Waals surface area contributed by atoms with Crippen molar-refractivity contribution >= 4 is 19.7 Å². The van der Waals surface area contributed by atoms with Crippen molar-refractivity contribution in [2.45, 2.75) is 31.1 Å². The summed E-state index contributed by atoms with van der Waals surface area (Å²) in [5, 5.41) is 0. The van der Waals surface area contributed by atoms with Crippen molar-refractivity contribution in [3.05, 3.63) is 29.3 Å². The zero-order chi connectivity index (χ0) is 13.2. The van der Waals surface area contributed by atoms with Gasteiger partial charge in [0.05, 0.1) is 4.90 Å². The maximum absolute atomic E-state index is 11.3. The van der Waals surface area contributed by atoms with Crippen molar-refractivity contribution < 1.29 is 8.42 Å². The molecular formula is C13H18ClNO2S. The normalized spacial score (nSPS) is 17.2. The van der Waals surface area contributed by atoms with Gasteiger partial charge in [0.15, 0.2) is 0 Å². The van der Waals surface area contributed by atoms with Crippen LogP contribution in [-0.2, 0) is 21.9 Å². The van der Waals surface area contributed by atoms with Gasteiger partial charge in [0, 0.05) is 23.8 Å². The third kappa shape index (κ3) is 3.25. The van der Waals surface area contributed by atoms with E-state index in [4.69, 9.17) is 10.7 Å². The van der Waals surface area contributed by atoms with Gasteiger partial charge in [0.2, 0.25) is 0 Å². The molecule has 0 atom stereocenters. The van der Waals surface area contributed by atoms with Crippen molar-refractivity contribution in [1.82, 2.24) is 4.90 Å². The molecule has 0 aliphatic carbocycles. The zero-order valence-corrected chi connectivity index (χ0v) is 12.1. The number of rotatable bonds is 3. The number of hydrogen-bond acceptors (Lipinski definition) is 3. The molecule has 0 amide bonds. The first-order chi connectivity index (χ1) is 8.50. The van der Waals surface area contributed by atoms with Crippen LogP contribution in [-0.4, -0.2) is 33.0 Å². The van der Waals surface area contributed by atoms with Crippen LogP contribution in [0.2, 0.25) is 0 Å². The molecule has 0 saturated heterocycles. The van der Waals surface area contributed by atoms with Gasteiger partial charge in [-0.15, -0.1) is 0 Å². The van der Waals surface area contributed by atoms with Gasteiger partial charge in [-0.25, -0.2) is 8.42 Å². The number of halogens is 1. The third-order valence-electron chi connectivity index (χ3n) is 3.39. The smallest absolute Gasteiger partial charge is 0.261 e. The number of nitrogens with zero attached hydrogens (tertiary/aromatic N) is 1. The Morgan fingerprint density at radius 3 is 2.50 bits per heavy atom. The first-order valence-corrected chi connectivity index (χ1v) is 8.60. The molecule has 3 nitrogen and oxygen atoms in total. The summed E-state index contributed by atoms with van der Waals surface area (Å²) in [4.78, 5) is 2.64. The quantitative estimate of drug-likeness (QED) is 0.801. The minimum atomic E-state index is -3.61. The predicted octanol–water partition coefficient (Wildman–Crippen LogP) is 2.42. The molecule has 100 valence electrons. The van der Waals surface area contributed by atoms with Gasteiger partial charge in [0.25, 0.3) is 9.05 Å². The van der Waals surface area contributed by atoms with E-state index >= 15 is 0 Å². The molecule has 0 fully saturated rings. The molecule has 1 aliphatic heterocycles. The molecular weight excluding hydrogens is 270 g/mol. The lowest BCUT2D eigenvalue weighted by molar-refractivity contribution is 0.288. The van der Waals surface area contributed by atoms with Gasteiger partial charge in [-0.3, -0.25) is 0 Å². The lowest BCUT2D eigenvalue weighted by atomic mass is 10.0. The fourth-order valence-corrected chi connectivity index (χ4v) is 3.24. The predicted molar refractivity (Wildman–Crippen MR) is 73.6 cm³/mol. The Bertz CT molecular complexity index is 528. The van der Waals surface area contributed by atoms with Crippen LogP contribution in [0.3, 0.4) is 0 Å². The van der Waals surface area contributed by atoms with Crippen LogP contribution in [0.5, 0.6) is 0 Å². The molecule has 2 rings (SSSR count). The molecule has 1 aromatic rings. The van der Waals surface area contributed by atoms with Crippen LogP contribution in [0.15, 0.2) is 23.1 Å². The van der Waals surface area contributed by atoms with E-state index in [1.165, 1.54) is 5.56 Å². The SMILES string of the molecule is CCCN1CCc2ccc(S(=O)(=O)Cl)cc2CC1. The standard InChI is InChI=1S/C13H18ClNO2S/c1-2-7-15-8-5-11-3-4-13(18(14,16)17)10-12(11)6-9-15/h3-4,10H,2,5-9H2,1H3. The molecule has 0 saturated carbocycles. The largest absolute Gasteiger partial charge is 0.303 e. The minimum Gasteiger partial charge on any atom is -0.303 e. The second kappa shape index (κ2) is 5.59. The molecule has 0 radical (unpaired) electrons. The first kappa shape index (κ1) is 13.8. The molecule has 1 heterocycles. The lowest BCUT2D eigenvalue weighted by Crippen LogP contribution is -2.27. The van der Waals surface area contributed by atoms with Crippen LogP contribution in [0, 0.1) is 0 Å². The summed E-state index contributed by atoms with van der Waals surface area (Å²) in [5.74, 6) is 0. The first-order valence-electron chi connectivity index (χ1n) is 6.29. The molecule has 0 aromatic heterocycles. The van der Waals surface area contributed by atoms with Gasteiger partial charge >= 0.3 is 0 Å². The molecule has 0 N–H and O–H groups in total. The maximum atomic E-state index is 11.3. The molecule has 18 heavy (non-hydrogen) atoms. The Balaban J connectivity index is 2.23. The van der Waals surface area contributed by atoms with Gasteiger partial charge in [-0.05, 0) is 49.1 Å². The van der Waals surface area contributed by atoms with Crippen molar-refractivity contribution in [2.75, 3.05) is 19.6 Å². The molecule has 0 spiro atoms. The summed E-state index contributed by atoms with van der Waals surface area (Å²) in [5.41, 5.74) is 2.37. The van der Waals surface area contributed by atoms with E-state index in [-0.39, 0.29) is 4.90 Å². The highest BCUT2D eigenvalue weighted by Crippen LogP contribution is 2.22. The van der Waals surface area contributed by atoms with Gasteiger partial charge in [-0.1, -0.05) is 13.0 Å². The van der Waals surface area contributed by atoms with Crippen molar-refractivity contribution in [3.63, 3.8) is 0 Å². The second-order valence-electron chi connectivity index (χ2n) is 4.71. The fourth-order valence-electron chi connectivity index (χ4n) is 2.44. The molecule has 1 aliphatic rings. The Morgan fingerprint density at radius 1 is 1.22 bits per heavy atom. The molecule has 0 unspecified atom stereocenters. The topological polar surface area (TPSA) is 37.4 Å². The second-order valence-corrected chi connectivity index (χ2v) is 7.28. The van der Waals surface area contributed by atoms with E-state index in [2.05, 4.69) is 11.8 Å². The van der Waals surface area contributed by atoms with Crippen LogP contribution in [0.1, 0.15) is 24.5 Å². The molecule has 5 heteroatoms. The Hall–Kier alpha value is -0.580. The maximum Gasteiger partial charge on any atom is 0.261 e.